The predicted molar refractivity (Wildman–Crippen MR) is 87.3 cm³/mol. The maximum Gasteiger partial charge on any atom is 0.0328 e. The Labute approximate surface area is 127 Å². The average Bonchev–Trinajstić information content (AvgIpc) is 2.82. The smallest absolute Gasteiger partial charge is 0.0328 e. The molecule has 21 heavy (non-hydrogen) atoms. The largest absolute Gasteiger partial charge is 0.399 e. The van der Waals surface area contributed by atoms with Crippen LogP contribution < -0.4 is 11.1 Å². The van der Waals surface area contributed by atoms with Crippen molar-refractivity contribution in [3.05, 3.63) is 29.3 Å². The van der Waals surface area contributed by atoms with Crippen molar-refractivity contribution in [1.29, 1.82) is 0 Å². The summed E-state index contributed by atoms with van der Waals surface area (Å²) in [5.41, 5.74) is 9.77. The minimum Gasteiger partial charge on any atom is -0.399 e. The van der Waals surface area contributed by atoms with E-state index in [0.717, 1.165) is 17.8 Å². The molecule has 1 aromatic rings. The van der Waals surface area contributed by atoms with E-state index in [1.54, 1.807) is 0 Å². The van der Waals surface area contributed by atoms with Gasteiger partial charge in [-0.25, -0.2) is 0 Å². The van der Waals surface area contributed by atoms with Crippen molar-refractivity contribution in [2.45, 2.75) is 69.1 Å². The van der Waals surface area contributed by atoms with Crippen molar-refractivity contribution in [3.63, 3.8) is 0 Å². The fourth-order valence-electron chi connectivity index (χ4n) is 4.85. The van der Waals surface area contributed by atoms with E-state index >= 15 is 0 Å². The van der Waals surface area contributed by atoms with Gasteiger partial charge in [0, 0.05) is 29.9 Å². The van der Waals surface area contributed by atoms with Gasteiger partial charge in [0.05, 0.1) is 0 Å². The molecule has 0 radical (unpaired) electrons. The minimum absolute atomic E-state index is 0.551. The number of rotatable bonds is 2. The number of anilines is 1. The van der Waals surface area contributed by atoms with Gasteiger partial charge >= 0.3 is 0 Å². The van der Waals surface area contributed by atoms with E-state index in [1.165, 1.54) is 56.1 Å². The first-order valence-electron chi connectivity index (χ1n) is 8.57. The van der Waals surface area contributed by atoms with Crippen LogP contribution >= 0.6 is 0 Å². The van der Waals surface area contributed by atoms with Gasteiger partial charge in [-0.2, -0.15) is 0 Å². The molecular formula is C18H27N3. The average molecular weight is 285 g/mol. The van der Waals surface area contributed by atoms with Crippen molar-refractivity contribution >= 4 is 5.69 Å². The molecule has 4 rings (SSSR count). The lowest BCUT2D eigenvalue weighted by atomic mass is 9.82. The molecule has 2 bridgehead atoms. The van der Waals surface area contributed by atoms with Crippen LogP contribution in [-0.2, 0) is 6.42 Å². The number of aryl methyl sites for hydroxylation is 1. The molecule has 1 aromatic carbocycles. The van der Waals surface area contributed by atoms with Crippen molar-refractivity contribution in [2.24, 2.45) is 0 Å². The highest BCUT2D eigenvalue weighted by Crippen LogP contribution is 2.37. The van der Waals surface area contributed by atoms with Crippen LogP contribution in [0.2, 0.25) is 0 Å². The number of nitrogen functional groups attached to an aromatic ring is 1. The number of nitrogens with two attached hydrogens (primary N) is 1. The third-order valence-corrected chi connectivity index (χ3v) is 6.02. The second-order valence-electron chi connectivity index (χ2n) is 7.29. The molecular weight excluding hydrogens is 258 g/mol. The Balaban J connectivity index is 1.46. The summed E-state index contributed by atoms with van der Waals surface area (Å²) in [4.78, 5) is 2.64. The van der Waals surface area contributed by atoms with Crippen LogP contribution in [0.5, 0.6) is 0 Å². The summed E-state index contributed by atoms with van der Waals surface area (Å²) in [6.07, 6.45) is 9.28. The SMILES string of the molecule is CN1C2CCCC1CC(NC1CCc3cc(N)ccc31)C2. The van der Waals surface area contributed by atoms with Gasteiger partial charge in [0.2, 0.25) is 0 Å². The number of fused-ring (bicyclic) bond motifs is 3. The van der Waals surface area contributed by atoms with Gasteiger partial charge in [0.1, 0.15) is 0 Å². The van der Waals surface area contributed by atoms with Gasteiger partial charge < -0.3 is 16.0 Å². The Morgan fingerprint density at radius 1 is 1.14 bits per heavy atom. The van der Waals surface area contributed by atoms with E-state index in [1.807, 2.05) is 0 Å². The first-order chi connectivity index (χ1) is 10.2. The number of benzene rings is 1. The summed E-state index contributed by atoms with van der Waals surface area (Å²) in [5, 5.41) is 3.98. The molecule has 0 saturated carbocycles. The lowest BCUT2D eigenvalue weighted by Crippen LogP contribution is -2.54. The van der Waals surface area contributed by atoms with Crippen molar-refractivity contribution in [2.75, 3.05) is 12.8 Å². The molecule has 3 atom stereocenters. The van der Waals surface area contributed by atoms with E-state index in [0.29, 0.717) is 12.1 Å². The highest BCUT2D eigenvalue weighted by molar-refractivity contribution is 5.47. The first kappa shape index (κ1) is 13.6. The van der Waals surface area contributed by atoms with Gasteiger partial charge in [-0.1, -0.05) is 12.5 Å². The number of hydrogen-bond acceptors (Lipinski definition) is 3. The molecule has 3 heteroatoms. The molecule has 2 aliphatic heterocycles. The second-order valence-corrected chi connectivity index (χ2v) is 7.29. The molecule has 114 valence electrons. The summed E-state index contributed by atoms with van der Waals surface area (Å²) in [5.74, 6) is 0. The minimum atomic E-state index is 0.551. The summed E-state index contributed by atoms with van der Waals surface area (Å²) in [6.45, 7) is 0. The first-order valence-corrected chi connectivity index (χ1v) is 8.57. The van der Waals surface area contributed by atoms with E-state index in [9.17, 15) is 0 Å². The monoisotopic (exact) mass is 285 g/mol. The zero-order chi connectivity index (χ0) is 14.4. The van der Waals surface area contributed by atoms with Crippen LogP contribution in [0, 0.1) is 0 Å². The summed E-state index contributed by atoms with van der Waals surface area (Å²) >= 11 is 0. The molecule has 2 heterocycles. The van der Waals surface area contributed by atoms with E-state index in [2.05, 4.69) is 35.5 Å². The Morgan fingerprint density at radius 3 is 2.67 bits per heavy atom. The fourth-order valence-corrected chi connectivity index (χ4v) is 4.85. The molecule has 1 aliphatic carbocycles. The van der Waals surface area contributed by atoms with Gasteiger partial charge in [0.25, 0.3) is 0 Å². The zero-order valence-electron chi connectivity index (χ0n) is 13.0. The van der Waals surface area contributed by atoms with Crippen LogP contribution in [0.3, 0.4) is 0 Å². The Kier molecular flexibility index (Phi) is 3.43. The van der Waals surface area contributed by atoms with Crippen LogP contribution in [-0.4, -0.2) is 30.1 Å². The Morgan fingerprint density at radius 2 is 1.90 bits per heavy atom. The Hall–Kier alpha value is -1.06. The van der Waals surface area contributed by atoms with Crippen LogP contribution in [0.25, 0.3) is 0 Å². The van der Waals surface area contributed by atoms with Gasteiger partial charge in [-0.3, -0.25) is 0 Å². The molecule has 0 aromatic heterocycles. The van der Waals surface area contributed by atoms with Crippen LogP contribution in [0.15, 0.2) is 18.2 Å². The quantitative estimate of drug-likeness (QED) is 0.821. The lowest BCUT2D eigenvalue weighted by Gasteiger charge is -2.47. The van der Waals surface area contributed by atoms with Gasteiger partial charge in [0.15, 0.2) is 0 Å². The number of piperidine rings is 2. The second kappa shape index (κ2) is 5.29. The number of nitrogens with zero attached hydrogens (tertiary/aromatic N) is 1. The summed E-state index contributed by atoms with van der Waals surface area (Å²) in [7, 11) is 2.33. The fraction of sp³-hybridized carbons (Fsp3) is 0.667. The zero-order valence-corrected chi connectivity index (χ0v) is 13.0. The van der Waals surface area contributed by atoms with E-state index in [-0.39, 0.29) is 0 Å². The molecule has 3 unspecified atom stereocenters. The van der Waals surface area contributed by atoms with Crippen molar-refractivity contribution < 1.29 is 0 Å². The van der Waals surface area contributed by atoms with Gasteiger partial charge in [-0.05, 0) is 68.8 Å². The molecule has 0 amide bonds. The maximum atomic E-state index is 5.91. The summed E-state index contributed by atoms with van der Waals surface area (Å²) < 4.78 is 0. The molecule has 2 saturated heterocycles. The predicted octanol–water partition coefficient (Wildman–Crippen LogP) is 2.86. The topological polar surface area (TPSA) is 41.3 Å². The van der Waals surface area contributed by atoms with Gasteiger partial charge in [-0.15, -0.1) is 0 Å². The lowest BCUT2D eigenvalue weighted by molar-refractivity contribution is 0.0458. The molecule has 3 nitrogen and oxygen atoms in total. The summed E-state index contributed by atoms with van der Waals surface area (Å²) in [6, 6.07) is 9.33. The third kappa shape index (κ3) is 2.47. The van der Waals surface area contributed by atoms with Crippen molar-refractivity contribution in [3.8, 4) is 0 Å². The van der Waals surface area contributed by atoms with E-state index < -0.39 is 0 Å². The van der Waals surface area contributed by atoms with Crippen LogP contribution in [0.1, 0.15) is 55.7 Å². The number of hydrogen-bond donors (Lipinski definition) is 2. The standard InChI is InChI=1S/C18H27N3/c1-21-15-3-2-4-16(21)11-14(10-15)20-18-8-5-12-9-13(19)6-7-17(12)18/h6-7,9,14-16,18,20H,2-5,8,10-11,19H2,1H3. The Bertz CT molecular complexity index is 513. The highest BCUT2D eigenvalue weighted by Gasteiger charge is 2.37. The molecule has 3 aliphatic rings. The van der Waals surface area contributed by atoms with Crippen LogP contribution in [0.4, 0.5) is 5.69 Å². The van der Waals surface area contributed by atoms with E-state index in [4.69, 9.17) is 5.73 Å². The molecule has 2 fully saturated rings. The molecule has 3 N–H and O–H groups in total. The highest BCUT2D eigenvalue weighted by atomic mass is 15.2. The maximum absolute atomic E-state index is 5.91. The number of nitrogens with one attached hydrogen (secondary N) is 1. The molecule has 0 spiro atoms. The normalized spacial score (nSPS) is 35.7. The van der Waals surface area contributed by atoms with Crippen molar-refractivity contribution in [1.82, 2.24) is 10.2 Å². The third-order valence-electron chi connectivity index (χ3n) is 6.02.